The Morgan fingerprint density at radius 1 is 1.10 bits per heavy atom. The molecule has 2 saturated heterocycles. The number of nitrogens with one attached hydrogen (secondary N) is 1. The maximum absolute atomic E-state index is 14.2. The standard InChI is InChI=1S/C29H28FN3O5S/c1-32(2)22-8-3-7-20(14-22)18-37-23-9-4-6-19(15-23)16-25-24-17-21(30)10-11-26(24)38-27(25)31-28(34)29-12-5-13-33(29)39(29,35)36/h3-4,6-11,14-15,17H,5,12-13,16,18H2,1-2H3,(H,31,34)/t29-,33?/m0/s1. The molecule has 2 aliphatic heterocycles. The van der Waals surface area contributed by atoms with E-state index < -0.39 is 26.6 Å². The van der Waals surface area contributed by atoms with E-state index in [9.17, 15) is 17.6 Å². The molecule has 0 spiro atoms. The molecule has 3 heterocycles. The van der Waals surface area contributed by atoms with E-state index in [1.54, 1.807) is 0 Å². The Labute approximate surface area is 226 Å². The maximum atomic E-state index is 14.2. The lowest BCUT2D eigenvalue weighted by Crippen LogP contribution is -2.33. The number of anilines is 2. The molecule has 0 saturated carbocycles. The van der Waals surface area contributed by atoms with Gasteiger partial charge in [0.15, 0.2) is 0 Å². The van der Waals surface area contributed by atoms with Crippen LogP contribution in [0.4, 0.5) is 16.0 Å². The minimum absolute atomic E-state index is 0.121. The second-order valence-corrected chi connectivity index (χ2v) is 12.2. The molecule has 1 amide bonds. The molecule has 2 fully saturated rings. The molecule has 1 aromatic heterocycles. The summed E-state index contributed by atoms with van der Waals surface area (Å²) < 4.78 is 52.3. The highest BCUT2D eigenvalue weighted by Gasteiger charge is 2.77. The number of ether oxygens (including phenoxy) is 1. The van der Waals surface area contributed by atoms with Crippen molar-refractivity contribution in [1.29, 1.82) is 0 Å². The van der Waals surface area contributed by atoms with E-state index in [0.29, 0.717) is 48.3 Å². The maximum Gasteiger partial charge on any atom is 0.265 e. The summed E-state index contributed by atoms with van der Waals surface area (Å²) in [6.07, 6.45) is 1.17. The summed E-state index contributed by atoms with van der Waals surface area (Å²) in [6.45, 7) is 0.722. The molecule has 2 aliphatic rings. The van der Waals surface area contributed by atoms with Crippen LogP contribution in [0.25, 0.3) is 11.0 Å². The lowest BCUT2D eigenvalue weighted by Gasteiger charge is -2.14. The lowest BCUT2D eigenvalue weighted by molar-refractivity contribution is -0.118. The Morgan fingerprint density at radius 2 is 1.90 bits per heavy atom. The van der Waals surface area contributed by atoms with Gasteiger partial charge < -0.3 is 14.1 Å². The van der Waals surface area contributed by atoms with Crippen LogP contribution in [-0.4, -0.2) is 44.1 Å². The average molecular weight is 550 g/mol. The zero-order chi connectivity index (χ0) is 27.4. The summed E-state index contributed by atoms with van der Waals surface area (Å²) >= 11 is 0. The number of halogens is 1. The highest BCUT2D eigenvalue weighted by atomic mass is 32.2. The van der Waals surface area contributed by atoms with Crippen LogP contribution in [0, 0.1) is 5.82 Å². The molecular weight excluding hydrogens is 521 g/mol. The first-order valence-corrected chi connectivity index (χ1v) is 14.2. The number of nitrogens with zero attached hydrogens (tertiary/aromatic N) is 2. The number of hydrogen-bond acceptors (Lipinski definition) is 6. The van der Waals surface area contributed by atoms with Gasteiger partial charge in [-0.2, -0.15) is 4.31 Å². The van der Waals surface area contributed by atoms with Crippen LogP contribution in [0.3, 0.4) is 0 Å². The number of rotatable bonds is 8. The van der Waals surface area contributed by atoms with Crippen LogP contribution in [0.15, 0.2) is 71.1 Å². The molecule has 3 aromatic carbocycles. The fourth-order valence-corrected chi connectivity index (χ4v) is 7.51. The van der Waals surface area contributed by atoms with E-state index in [2.05, 4.69) is 11.4 Å². The number of benzene rings is 3. The van der Waals surface area contributed by atoms with Crippen LogP contribution in [0.2, 0.25) is 0 Å². The Kier molecular flexibility index (Phi) is 6.11. The number of furan rings is 1. The van der Waals surface area contributed by atoms with Crippen molar-refractivity contribution in [2.24, 2.45) is 0 Å². The topological polar surface area (TPSA) is 91.9 Å². The van der Waals surface area contributed by atoms with Crippen molar-refractivity contribution >= 4 is 38.5 Å². The fourth-order valence-electron chi connectivity index (χ4n) is 5.33. The van der Waals surface area contributed by atoms with Crippen molar-refractivity contribution in [3.63, 3.8) is 0 Å². The van der Waals surface area contributed by atoms with Crippen molar-refractivity contribution in [2.45, 2.75) is 30.7 Å². The largest absolute Gasteiger partial charge is 0.489 e. The molecule has 6 rings (SSSR count). The van der Waals surface area contributed by atoms with Gasteiger partial charge in [-0.15, -0.1) is 0 Å². The van der Waals surface area contributed by atoms with Crippen LogP contribution in [0.5, 0.6) is 5.75 Å². The number of hydrogen-bond donors (Lipinski definition) is 1. The van der Waals surface area contributed by atoms with Gasteiger partial charge in [0.1, 0.15) is 23.8 Å². The molecule has 39 heavy (non-hydrogen) atoms. The molecule has 0 radical (unpaired) electrons. The van der Waals surface area contributed by atoms with Crippen molar-refractivity contribution in [1.82, 2.24) is 4.31 Å². The monoisotopic (exact) mass is 549 g/mol. The van der Waals surface area contributed by atoms with Crippen molar-refractivity contribution in [3.05, 3.63) is 89.2 Å². The third-order valence-corrected chi connectivity index (χ3v) is 9.78. The summed E-state index contributed by atoms with van der Waals surface area (Å²) in [7, 11) is 0.338. The first-order valence-electron chi connectivity index (χ1n) is 12.7. The Morgan fingerprint density at radius 3 is 2.67 bits per heavy atom. The lowest BCUT2D eigenvalue weighted by atomic mass is 10.0. The van der Waals surface area contributed by atoms with Crippen LogP contribution >= 0.6 is 0 Å². The normalized spacial score (nSPS) is 20.9. The molecule has 8 nitrogen and oxygen atoms in total. The van der Waals surface area contributed by atoms with Gasteiger partial charge in [-0.25, -0.2) is 12.8 Å². The fraction of sp³-hybridized carbons (Fsp3) is 0.276. The van der Waals surface area contributed by atoms with Gasteiger partial charge in [-0.1, -0.05) is 24.3 Å². The van der Waals surface area contributed by atoms with Crippen LogP contribution in [-0.2, 0) is 27.8 Å². The third kappa shape index (κ3) is 4.33. The molecule has 0 bridgehead atoms. The number of sulfonamides is 1. The van der Waals surface area contributed by atoms with Gasteiger partial charge in [0.2, 0.25) is 20.8 Å². The SMILES string of the molecule is CN(C)c1cccc(COc2cccc(Cc3c(NC(=O)[C@@]45CCCN4S5(=O)=O)oc4ccc(F)cc34)c2)c1. The molecule has 202 valence electrons. The van der Waals surface area contributed by atoms with Crippen LogP contribution < -0.4 is 15.0 Å². The number of amides is 1. The Hall–Kier alpha value is -3.89. The van der Waals surface area contributed by atoms with Gasteiger partial charge >= 0.3 is 0 Å². The van der Waals surface area contributed by atoms with Gasteiger partial charge in [-0.05, 0) is 66.4 Å². The zero-order valence-corrected chi connectivity index (χ0v) is 22.4. The first-order chi connectivity index (χ1) is 18.7. The van der Waals surface area contributed by atoms with E-state index in [1.165, 1.54) is 22.5 Å². The van der Waals surface area contributed by atoms with Gasteiger partial charge in [0, 0.05) is 43.7 Å². The molecule has 1 N–H and O–H groups in total. The molecule has 2 atom stereocenters. The average Bonchev–Trinajstić information content (AvgIpc) is 3.27. The summed E-state index contributed by atoms with van der Waals surface area (Å²) in [6, 6.07) is 19.8. The van der Waals surface area contributed by atoms with E-state index in [1.807, 2.05) is 61.5 Å². The summed E-state index contributed by atoms with van der Waals surface area (Å²) in [5.41, 5.74) is 3.93. The molecule has 0 aliphatic carbocycles. The first kappa shape index (κ1) is 25.4. The van der Waals surface area contributed by atoms with Crippen molar-refractivity contribution < 1.29 is 26.8 Å². The number of fused-ring (bicyclic) bond motifs is 2. The van der Waals surface area contributed by atoms with Crippen LogP contribution in [0.1, 0.15) is 29.5 Å². The van der Waals surface area contributed by atoms with E-state index in [4.69, 9.17) is 9.15 Å². The summed E-state index contributed by atoms with van der Waals surface area (Å²) in [5, 5.41) is 3.22. The highest BCUT2D eigenvalue weighted by Crippen LogP contribution is 2.53. The summed E-state index contributed by atoms with van der Waals surface area (Å²) in [5.74, 6) is -0.296. The van der Waals surface area contributed by atoms with E-state index in [0.717, 1.165) is 16.8 Å². The minimum Gasteiger partial charge on any atom is -0.489 e. The number of carbonyl (C=O) groups is 1. The van der Waals surface area contributed by atoms with Gasteiger partial charge in [0.25, 0.3) is 5.91 Å². The van der Waals surface area contributed by atoms with Crippen molar-refractivity contribution in [3.8, 4) is 5.75 Å². The predicted octanol–water partition coefficient (Wildman–Crippen LogP) is 4.88. The Bertz CT molecular complexity index is 1700. The Balaban J connectivity index is 1.26. The quantitative estimate of drug-likeness (QED) is 0.315. The third-order valence-electron chi connectivity index (χ3n) is 7.41. The summed E-state index contributed by atoms with van der Waals surface area (Å²) in [4.78, 5) is 13.7. The zero-order valence-electron chi connectivity index (χ0n) is 21.6. The molecule has 4 aromatic rings. The van der Waals surface area contributed by atoms with E-state index >= 15 is 0 Å². The second-order valence-electron chi connectivity index (χ2n) is 10.1. The van der Waals surface area contributed by atoms with Gasteiger partial charge in [0.05, 0.1) is 0 Å². The van der Waals surface area contributed by atoms with Crippen molar-refractivity contribution in [2.75, 3.05) is 30.9 Å². The molecule has 1 unspecified atom stereocenters. The van der Waals surface area contributed by atoms with Gasteiger partial charge in [-0.3, -0.25) is 10.1 Å². The second kappa shape index (κ2) is 9.39. The smallest absolute Gasteiger partial charge is 0.265 e. The minimum atomic E-state index is -3.63. The molecular formula is C29H28FN3O5S. The number of carbonyl (C=O) groups excluding carboxylic acids is 1. The molecule has 10 heteroatoms. The van der Waals surface area contributed by atoms with E-state index in [-0.39, 0.29) is 12.3 Å². The predicted molar refractivity (Wildman–Crippen MR) is 147 cm³/mol. The highest BCUT2D eigenvalue weighted by molar-refractivity contribution is 7.98.